The molecule has 0 amide bonds. The van der Waals surface area contributed by atoms with Crippen molar-refractivity contribution < 1.29 is 14.8 Å². The summed E-state index contributed by atoms with van der Waals surface area (Å²) >= 11 is 0. The molecule has 176 valence electrons. The fourth-order valence-electron chi connectivity index (χ4n) is 4.60. The Balaban J connectivity index is 1.62. The Labute approximate surface area is 201 Å². The van der Waals surface area contributed by atoms with Crippen LogP contribution in [0.15, 0.2) is 72.9 Å². The topological polar surface area (TPSA) is 103 Å². The number of para-hydroxylation sites is 1. The summed E-state index contributed by atoms with van der Waals surface area (Å²) in [6.07, 6.45) is 4.66. The molecule has 0 saturated carbocycles. The van der Waals surface area contributed by atoms with Crippen LogP contribution in [0.1, 0.15) is 41.5 Å². The number of nitro groups is 1. The number of imidazole rings is 1. The Hall–Kier alpha value is -4.46. The number of carboxylic acid groups (broad SMARTS) is 1. The highest BCUT2D eigenvalue weighted by molar-refractivity contribution is 5.94. The van der Waals surface area contributed by atoms with E-state index in [4.69, 9.17) is 4.98 Å². The summed E-state index contributed by atoms with van der Waals surface area (Å²) in [6.45, 7) is 2.67. The zero-order valence-electron chi connectivity index (χ0n) is 19.2. The van der Waals surface area contributed by atoms with E-state index < -0.39 is 10.9 Å². The molecule has 0 saturated heterocycles. The number of benzene rings is 3. The SMILES string of the molecule is CCCCc1nc2cc([N+](=O)[O-])ccc2n1Cc1cccc2c1ccn2-c1ccccc1C(=O)O. The number of non-ortho nitro benzene ring substituents is 1. The van der Waals surface area contributed by atoms with Crippen molar-refractivity contribution in [3.05, 3.63) is 100.0 Å². The van der Waals surface area contributed by atoms with Crippen molar-refractivity contribution in [1.82, 2.24) is 14.1 Å². The van der Waals surface area contributed by atoms with Crippen molar-refractivity contribution in [2.24, 2.45) is 0 Å². The van der Waals surface area contributed by atoms with E-state index in [1.54, 1.807) is 24.3 Å². The van der Waals surface area contributed by atoms with Gasteiger partial charge < -0.3 is 14.2 Å². The van der Waals surface area contributed by atoms with Crippen LogP contribution >= 0.6 is 0 Å². The highest BCUT2D eigenvalue weighted by atomic mass is 16.6. The van der Waals surface area contributed by atoms with Gasteiger partial charge in [-0.2, -0.15) is 0 Å². The summed E-state index contributed by atoms with van der Waals surface area (Å²) in [6, 6.07) is 19.8. The molecule has 8 heteroatoms. The molecule has 5 aromatic rings. The third-order valence-electron chi connectivity index (χ3n) is 6.32. The van der Waals surface area contributed by atoms with Gasteiger partial charge in [-0.05, 0) is 42.3 Å². The van der Waals surface area contributed by atoms with Crippen LogP contribution in [0.5, 0.6) is 0 Å². The normalized spacial score (nSPS) is 11.3. The quantitative estimate of drug-likeness (QED) is 0.223. The Morgan fingerprint density at radius 2 is 1.89 bits per heavy atom. The van der Waals surface area contributed by atoms with Crippen LogP contribution < -0.4 is 0 Å². The maximum Gasteiger partial charge on any atom is 0.337 e. The first-order valence-electron chi connectivity index (χ1n) is 11.5. The van der Waals surface area contributed by atoms with Gasteiger partial charge in [0, 0.05) is 30.1 Å². The lowest BCUT2D eigenvalue weighted by Crippen LogP contribution is -2.06. The van der Waals surface area contributed by atoms with Crippen LogP contribution in [0.2, 0.25) is 0 Å². The van der Waals surface area contributed by atoms with E-state index in [1.807, 2.05) is 35.0 Å². The molecule has 0 radical (unpaired) electrons. The number of rotatable bonds is 8. The van der Waals surface area contributed by atoms with E-state index in [1.165, 1.54) is 12.1 Å². The van der Waals surface area contributed by atoms with E-state index >= 15 is 0 Å². The molecule has 2 heterocycles. The van der Waals surface area contributed by atoms with Gasteiger partial charge in [0.05, 0.1) is 39.3 Å². The molecule has 0 aliphatic carbocycles. The van der Waals surface area contributed by atoms with Gasteiger partial charge in [-0.15, -0.1) is 0 Å². The van der Waals surface area contributed by atoms with Gasteiger partial charge in [-0.25, -0.2) is 9.78 Å². The maximum atomic E-state index is 11.8. The van der Waals surface area contributed by atoms with Crippen molar-refractivity contribution >= 4 is 33.6 Å². The van der Waals surface area contributed by atoms with Gasteiger partial charge in [-0.1, -0.05) is 37.6 Å². The molecule has 2 aromatic heterocycles. The number of hydrogen-bond acceptors (Lipinski definition) is 4. The molecule has 0 atom stereocenters. The molecule has 35 heavy (non-hydrogen) atoms. The molecule has 3 aromatic carbocycles. The molecule has 1 N–H and O–H groups in total. The van der Waals surface area contributed by atoms with Crippen LogP contribution in [0, 0.1) is 10.1 Å². The van der Waals surface area contributed by atoms with Crippen molar-refractivity contribution in [2.75, 3.05) is 0 Å². The maximum absolute atomic E-state index is 11.8. The van der Waals surface area contributed by atoms with Crippen LogP contribution in [0.25, 0.3) is 27.6 Å². The Bertz CT molecular complexity index is 1580. The number of hydrogen-bond donors (Lipinski definition) is 1. The predicted octanol–water partition coefficient (Wildman–Crippen LogP) is 5.98. The molecule has 0 unspecified atom stereocenters. The Morgan fingerprint density at radius 3 is 2.66 bits per heavy atom. The van der Waals surface area contributed by atoms with Gasteiger partial charge >= 0.3 is 5.97 Å². The Kier molecular flexibility index (Phi) is 5.78. The standard InChI is InChI=1S/C27H24N4O4/c1-2-3-11-26-28-22-16-19(31(34)35)12-13-25(22)30(26)17-18-7-6-10-23-20(18)14-15-29(23)24-9-5-4-8-21(24)27(32)33/h4-10,12-16H,2-3,11,17H2,1H3,(H,32,33). The lowest BCUT2D eigenvalue weighted by atomic mass is 10.1. The minimum absolute atomic E-state index is 0.0282. The first-order valence-corrected chi connectivity index (χ1v) is 11.5. The minimum atomic E-state index is -0.974. The summed E-state index contributed by atoms with van der Waals surface area (Å²) < 4.78 is 4.03. The lowest BCUT2D eigenvalue weighted by Gasteiger charge is -2.12. The summed E-state index contributed by atoms with van der Waals surface area (Å²) in [5.74, 6) is -0.0758. The number of carboxylic acids is 1. The fraction of sp³-hybridized carbons (Fsp3) is 0.185. The molecule has 0 aliphatic heterocycles. The van der Waals surface area contributed by atoms with Crippen LogP contribution in [-0.2, 0) is 13.0 Å². The smallest absolute Gasteiger partial charge is 0.337 e. The molecule has 0 aliphatic rings. The van der Waals surface area contributed by atoms with Crippen molar-refractivity contribution in [3.63, 3.8) is 0 Å². The number of aromatic nitrogens is 3. The van der Waals surface area contributed by atoms with E-state index in [0.717, 1.165) is 47.1 Å². The number of aromatic carboxylic acids is 1. The second kappa shape index (κ2) is 9.06. The highest BCUT2D eigenvalue weighted by Gasteiger charge is 2.17. The Morgan fingerprint density at radius 1 is 1.06 bits per heavy atom. The lowest BCUT2D eigenvalue weighted by molar-refractivity contribution is -0.384. The van der Waals surface area contributed by atoms with E-state index in [9.17, 15) is 20.0 Å². The third kappa shape index (κ3) is 4.03. The van der Waals surface area contributed by atoms with E-state index in [-0.39, 0.29) is 11.3 Å². The number of nitrogens with zero attached hydrogens (tertiary/aromatic N) is 4. The zero-order chi connectivity index (χ0) is 24.5. The number of nitro benzene ring substituents is 1. The molecule has 8 nitrogen and oxygen atoms in total. The van der Waals surface area contributed by atoms with Gasteiger partial charge in [0.1, 0.15) is 5.82 Å². The molecule has 0 spiro atoms. The van der Waals surface area contributed by atoms with Gasteiger partial charge in [0.15, 0.2) is 0 Å². The number of aryl methyl sites for hydroxylation is 1. The number of fused-ring (bicyclic) bond motifs is 2. The zero-order valence-corrected chi connectivity index (χ0v) is 19.2. The molecular formula is C27H24N4O4. The monoisotopic (exact) mass is 468 g/mol. The number of carbonyl (C=O) groups is 1. The fourth-order valence-corrected chi connectivity index (χ4v) is 4.60. The average molecular weight is 469 g/mol. The first kappa shape index (κ1) is 22.3. The summed E-state index contributed by atoms with van der Waals surface area (Å²) in [7, 11) is 0. The molecule has 0 bridgehead atoms. The van der Waals surface area contributed by atoms with Crippen LogP contribution in [0.4, 0.5) is 5.69 Å². The van der Waals surface area contributed by atoms with Crippen LogP contribution in [-0.4, -0.2) is 30.1 Å². The van der Waals surface area contributed by atoms with Crippen molar-refractivity contribution in [1.29, 1.82) is 0 Å². The highest BCUT2D eigenvalue weighted by Crippen LogP contribution is 2.29. The van der Waals surface area contributed by atoms with Gasteiger partial charge in [0.25, 0.3) is 5.69 Å². The first-order chi connectivity index (χ1) is 17.0. The second-order valence-electron chi connectivity index (χ2n) is 8.51. The van der Waals surface area contributed by atoms with Crippen molar-refractivity contribution in [3.8, 4) is 5.69 Å². The van der Waals surface area contributed by atoms with E-state index in [0.29, 0.717) is 17.7 Å². The number of unbranched alkanes of at least 4 members (excludes halogenated alkanes) is 1. The van der Waals surface area contributed by atoms with Gasteiger partial charge in [0.2, 0.25) is 0 Å². The largest absolute Gasteiger partial charge is 0.478 e. The third-order valence-corrected chi connectivity index (χ3v) is 6.32. The predicted molar refractivity (Wildman–Crippen MR) is 134 cm³/mol. The molecular weight excluding hydrogens is 444 g/mol. The summed E-state index contributed by atoms with van der Waals surface area (Å²) in [5, 5.41) is 21.9. The van der Waals surface area contributed by atoms with Crippen LogP contribution in [0.3, 0.4) is 0 Å². The summed E-state index contributed by atoms with van der Waals surface area (Å²) in [5.41, 5.74) is 4.31. The molecule has 5 rings (SSSR count). The summed E-state index contributed by atoms with van der Waals surface area (Å²) in [4.78, 5) is 27.4. The van der Waals surface area contributed by atoms with Gasteiger partial charge in [-0.3, -0.25) is 10.1 Å². The van der Waals surface area contributed by atoms with Crippen molar-refractivity contribution in [2.45, 2.75) is 32.7 Å². The second-order valence-corrected chi connectivity index (χ2v) is 8.51. The minimum Gasteiger partial charge on any atom is -0.478 e. The molecule has 0 fully saturated rings. The average Bonchev–Trinajstić information content (AvgIpc) is 3.44. The van der Waals surface area contributed by atoms with E-state index in [2.05, 4.69) is 17.6 Å².